The molecular weight excluding hydrogens is 367 g/mol. The zero-order valence-electron chi connectivity index (χ0n) is 8.80. The number of halogens is 1. The molecule has 0 spiro atoms. The first-order valence-corrected chi connectivity index (χ1v) is 10.1. The van der Waals surface area contributed by atoms with Gasteiger partial charge >= 0.3 is 119 Å². The second-order valence-corrected chi connectivity index (χ2v) is 8.61. The Hall–Kier alpha value is -0.460. The summed E-state index contributed by atoms with van der Waals surface area (Å²) in [6, 6.07) is 17.2. The molecule has 0 radical (unpaired) electrons. The summed E-state index contributed by atoms with van der Waals surface area (Å²) < 4.78 is 1.28. The molecule has 0 aromatic heterocycles. The monoisotopic (exact) mass is 378 g/mol. The molecule has 0 unspecified atom stereocenters. The van der Waals surface area contributed by atoms with Gasteiger partial charge in [0.15, 0.2) is 0 Å². The van der Waals surface area contributed by atoms with Crippen LogP contribution in [0.5, 0.6) is 0 Å². The minimum atomic E-state index is -0.497. The zero-order chi connectivity index (χ0) is 12.1. The van der Waals surface area contributed by atoms with Crippen LogP contribution in [-0.2, 0) is 0 Å². The Labute approximate surface area is 118 Å². The van der Waals surface area contributed by atoms with Crippen molar-refractivity contribution in [1.29, 1.82) is 0 Å². The van der Waals surface area contributed by atoms with E-state index >= 15 is 0 Å². The maximum absolute atomic E-state index is 11.9. The van der Waals surface area contributed by atoms with Gasteiger partial charge in [-0.15, -0.1) is 0 Å². The van der Waals surface area contributed by atoms with Crippen LogP contribution in [0.2, 0.25) is 5.02 Å². The van der Waals surface area contributed by atoms with E-state index in [0.29, 0.717) is 5.02 Å². The fourth-order valence-electron chi connectivity index (χ4n) is 1.20. The molecule has 86 valence electrons. The topological polar surface area (TPSA) is 17.1 Å². The van der Waals surface area contributed by atoms with Crippen molar-refractivity contribution >= 4 is 48.9 Å². The van der Waals surface area contributed by atoms with Crippen molar-refractivity contribution in [3.63, 3.8) is 0 Å². The number of benzene rings is 2. The van der Waals surface area contributed by atoms with E-state index in [1.165, 1.54) is 12.6 Å². The third-order valence-corrected chi connectivity index (χ3v) is 7.39. The normalized spacial score (nSPS) is 10.2. The molecule has 0 heterocycles. The van der Waals surface area contributed by atoms with Gasteiger partial charge in [0.05, 0.1) is 0 Å². The van der Waals surface area contributed by atoms with E-state index in [1.807, 2.05) is 18.2 Å². The minimum absolute atomic E-state index is 0.132. The summed E-state index contributed by atoms with van der Waals surface area (Å²) >= 11 is 5.28. The predicted octanol–water partition coefficient (Wildman–Crippen LogP) is 3.16. The van der Waals surface area contributed by atoms with Crippen molar-refractivity contribution in [2.75, 3.05) is 0 Å². The van der Waals surface area contributed by atoms with E-state index in [0.717, 1.165) is 5.56 Å². The van der Waals surface area contributed by atoms with Gasteiger partial charge in [-0.1, -0.05) is 0 Å². The van der Waals surface area contributed by atoms with E-state index in [4.69, 9.17) is 11.6 Å². The van der Waals surface area contributed by atoms with Gasteiger partial charge in [0.2, 0.25) is 0 Å². The Morgan fingerprint density at radius 3 is 2.29 bits per heavy atom. The third-order valence-electron chi connectivity index (χ3n) is 2.04. The second kappa shape index (κ2) is 6.47. The molecular formula is C13H9ClOSTe. The first-order valence-electron chi connectivity index (χ1n) is 4.95. The molecule has 0 saturated carbocycles. The Balaban J connectivity index is 1.96. The van der Waals surface area contributed by atoms with Gasteiger partial charge in [-0.25, -0.2) is 0 Å². The first-order chi connectivity index (χ1) is 8.25. The predicted molar refractivity (Wildman–Crippen MR) is 75.2 cm³/mol. The van der Waals surface area contributed by atoms with Crippen LogP contribution in [0.15, 0.2) is 54.6 Å². The molecule has 17 heavy (non-hydrogen) atoms. The molecule has 0 saturated heterocycles. The molecule has 2 aromatic carbocycles. The fourth-order valence-corrected chi connectivity index (χ4v) is 5.53. The van der Waals surface area contributed by atoms with Crippen LogP contribution in [0.4, 0.5) is 0 Å². The summed E-state index contributed by atoms with van der Waals surface area (Å²) in [7, 11) is 1.44. The van der Waals surface area contributed by atoms with Gasteiger partial charge in [-0.05, 0) is 0 Å². The van der Waals surface area contributed by atoms with Gasteiger partial charge in [-0.3, -0.25) is 0 Å². The number of carbonyl (C=O) groups is 1. The van der Waals surface area contributed by atoms with Crippen molar-refractivity contribution in [2.24, 2.45) is 0 Å². The molecule has 0 aliphatic carbocycles. The molecule has 2 aromatic rings. The third kappa shape index (κ3) is 4.04. The molecule has 0 fully saturated rings. The molecule has 4 heteroatoms. The average Bonchev–Trinajstić information content (AvgIpc) is 2.38. The molecule has 0 aliphatic rings. The van der Waals surface area contributed by atoms with E-state index in [-0.39, 0.29) is 5.12 Å². The Morgan fingerprint density at radius 2 is 1.65 bits per heavy atom. The second-order valence-electron chi connectivity index (χ2n) is 3.27. The van der Waals surface area contributed by atoms with Crippen LogP contribution in [0.3, 0.4) is 0 Å². The van der Waals surface area contributed by atoms with E-state index in [2.05, 4.69) is 12.1 Å². The van der Waals surface area contributed by atoms with E-state index in [1.54, 1.807) is 24.3 Å². The number of carbonyl (C=O) groups excluding carboxylic acids is 1. The maximum atomic E-state index is 11.9. The molecule has 0 bridgehead atoms. The number of rotatable bonds is 3. The SMILES string of the molecule is O=C(S[Te]c1ccccc1)c1ccc(Cl)cc1. The fraction of sp³-hybridized carbons (Fsp3) is 0. The van der Waals surface area contributed by atoms with Gasteiger partial charge < -0.3 is 0 Å². The van der Waals surface area contributed by atoms with Crippen molar-refractivity contribution in [3.05, 3.63) is 65.2 Å². The summed E-state index contributed by atoms with van der Waals surface area (Å²) in [6.07, 6.45) is 0. The Morgan fingerprint density at radius 1 is 1.00 bits per heavy atom. The van der Waals surface area contributed by atoms with Crippen molar-refractivity contribution in [2.45, 2.75) is 0 Å². The zero-order valence-corrected chi connectivity index (χ0v) is 12.7. The summed E-state index contributed by atoms with van der Waals surface area (Å²) in [6.45, 7) is 0. The van der Waals surface area contributed by atoms with Gasteiger partial charge in [0, 0.05) is 0 Å². The summed E-state index contributed by atoms with van der Waals surface area (Å²) in [5, 5.41) is 0.791. The summed E-state index contributed by atoms with van der Waals surface area (Å²) in [5.41, 5.74) is 0.723. The van der Waals surface area contributed by atoms with Crippen molar-refractivity contribution in [3.8, 4) is 0 Å². The molecule has 0 atom stereocenters. The quantitative estimate of drug-likeness (QED) is 0.766. The molecule has 0 aliphatic heterocycles. The van der Waals surface area contributed by atoms with Crippen LogP contribution in [0, 0.1) is 0 Å². The van der Waals surface area contributed by atoms with E-state index in [9.17, 15) is 4.79 Å². The summed E-state index contributed by atoms with van der Waals surface area (Å²) in [5.74, 6) is 0. The molecule has 0 amide bonds. The van der Waals surface area contributed by atoms with Crippen LogP contribution < -0.4 is 3.61 Å². The number of hydrogen-bond donors (Lipinski definition) is 0. The van der Waals surface area contributed by atoms with Crippen LogP contribution in [-0.4, -0.2) is 24.7 Å². The number of hydrogen-bond acceptors (Lipinski definition) is 2. The molecule has 1 nitrogen and oxygen atoms in total. The molecule has 2 rings (SSSR count). The van der Waals surface area contributed by atoms with E-state index < -0.39 is 19.5 Å². The van der Waals surface area contributed by atoms with Crippen molar-refractivity contribution < 1.29 is 4.79 Å². The van der Waals surface area contributed by atoms with Gasteiger partial charge in [0.25, 0.3) is 0 Å². The van der Waals surface area contributed by atoms with Crippen LogP contribution in [0.25, 0.3) is 0 Å². The Kier molecular flexibility index (Phi) is 4.94. The van der Waals surface area contributed by atoms with Gasteiger partial charge in [-0.2, -0.15) is 0 Å². The Bertz CT molecular complexity index is 499. The summed E-state index contributed by atoms with van der Waals surface area (Å²) in [4.78, 5) is 11.9. The van der Waals surface area contributed by atoms with Crippen LogP contribution >= 0.6 is 20.6 Å². The van der Waals surface area contributed by atoms with Crippen molar-refractivity contribution in [1.82, 2.24) is 0 Å². The van der Waals surface area contributed by atoms with Gasteiger partial charge in [0.1, 0.15) is 0 Å². The molecule has 0 N–H and O–H groups in total. The first kappa shape index (κ1) is 13.0. The van der Waals surface area contributed by atoms with Crippen LogP contribution in [0.1, 0.15) is 10.4 Å². The average molecular weight is 376 g/mol. The standard InChI is InChI=1S/C13H9ClOSTe/c14-11-8-6-10(7-9-11)13(15)16-17-12-4-2-1-3-5-12/h1-9H.